The lowest BCUT2D eigenvalue weighted by molar-refractivity contribution is -0.133. The van der Waals surface area contributed by atoms with E-state index in [1.165, 1.54) is 13.0 Å². The van der Waals surface area contributed by atoms with Gasteiger partial charge in [-0.2, -0.15) is 5.10 Å². The van der Waals surface area contributed by atoms with E-state index in [1.54, 1.807) is 35.0 Å². The zero-order valence-electron chi connectivity index (χ0n) is 15.8. The number of anilines is 1. The summed E-state index contributed by atoms with van der Waals surface area (Å²) in [5, 5.41) is 7.17. The van der Waals surface area contributed by atoms with Crippen LogP contribution in [-0.2, 0) is 11.8 Å². The van der Waals surface area contributed by atoms with Gasteiger partial charge in [-0.05, 0) is 32.2 Å². The van der Waals surface area contributed by atoms with Gasteiger partial charge in [0.2, 0.25) is 5.91 Å². The zero-order valence-corrected chi connectivity index (χ0v) is 15.8. The second-order valence-electron chi connectivity index (χ2n) is 6.70. The Morgan fingerprint density at radius 2 is 1.93 bits per heavy atom. The number of benzene rings is 1. The molecule has 144 valence electrons. The Morgan fingerprint density at radius 3 is 2.44 bits per heavy atom. The maximum Gasteiger partial charge on any atom is 0.244 e. The highest BCUT2D eigenvalue weighted by Crippen LogP contribution is 2.23. The number of likely N-dealkylation sites (N-methyl/N-ethyl adjacent to an activating group) is 1. The standard InChI is InChI=1S/C19H24FN5O2/c1-13(26)14-4-5-17(16(20)10-14)24-6-8-25(9-7-24)19(27)18(21-2)15-11-22-23(3)12-15/h4-5,10-12,18,21H,6-9H2,1-3H3. The van der Waals surface area contributed by atoms with E-state index in [0.29, 0.717) is 37.4 Å². The number of aromatic nitrogens is 2. The lowest BCUT2D eigenvalue weighted by Crippen LogP contribution is -2.51. The molecule has 1 N–H and O–H groups in total. The maximum atomic E-state index is 14.4. The Balaban J connectivity index is 1.66. The first-order valence-electron chi connectivity index (χ1n) is 8.90. The van der Waals surface area contributed by atoms with Crippen LogP contribution in [-0.4, -0.2) is 59.6 Å². The number of amides is 1. The first-order chi connectivity index (χ1) is 12.9. The highest BCUT2D eigenvalue weighted by atomic mass is 19.1. The highest BCUT2D eigenvalue weighted by Gasteiger charge is 2.29. The van der Waals surface area contributed by atoms with Crippen molar-refractivity contribution >= 4 is 17.4 Å². The summed E-state index contributed by atoms with van der Waals surface area (Å²) in [6.45, 7) is 3.49. The Kier molecular flexibility index (Phi) is 5.55. The molecule has 1 saturated heterocycles. The molecule has 1 aromatic carbocycles. The summed E-state index contributed by atoms with van der Waals surface area (Å²) in [7, 11) is 3.56. The SMILES string of the molecule is CNC(C(=O)N1CCN(c2ccc(C(C)=O)cc2F)CC1)c1cnn(C)c1. The zero-order chi connectivity index (χ0) is 19.6. The van der Waals surface area contributed by atoms with Gasteiger partial charge < -0.3 is 15.1 Å². The summed E-state index contributed by atoms with van der Waals surface area (Å²) < 4.78 is 16.0. The van der Waals surface area contributed by atoms with Gasteiger partial charge in [0.1, 0.15) is 11.9 Å². The molecule has 1 atom stereocenters. The Labute approximate surface area is 157 Å². The number of hydrogen-bond donors (Lipinski definition) is 1. The summed E-state index contributed by atoms with van der Waals surface area (Å²) >= 11 is 0. The van der Waals surface area contributed by atoms with Gasteiger partial charge in [-0.1, -0.05) is 0 Å². The third-order valence-electron chi connectivity index (χ3n) is 4.88. The van der Waals surface area contributed by atoms with Gasteiger partial charge >= 0.3 is 0 Å². The van der Waals surface area contributed by atoms with Crippen molar-refractivity contribution in [3.05, 3.63) is 47.5 Å². The van der Waals surface area contributed by atoms with Gasteiger partial charge in [-0.25, -0.2) is 4.39 Å². The summed E-state index contributed by atoms with van der Waals surface area (Å²) in [6.07, 6.45) is 3.50. The number of ketones is 1. The summed E-state index contributed by atoms with van der Waals surface area (Å²) in [6, 6.07) is 4.10. The molecular weight excluding hydrogens is 349 g/mol. The predicted molar refractivity (Wildman–Crippen MR) is 100 cm³/mol. The molecule has 1 amide bonds. The average molecular weight is 373 g/mol. The molecule has 1 fully saturated rings. The topological polar surface area (TPSA) is 70.5 Å². The number of nitrogens with one attached hydrogen (secondary N) is 1. The van der Waals surface area contributed by atoms with Gasteiger partial charge in [0.15, 0.2) is 5.78 Å². The molecule has 1 aliphatic rings. The molecule has 27 heavy (non-hydrogen) atoms. The summed E-state index contributed by atoms with van der Waals surface area (Å²) in [4.78, 5) is 27.9. The van der Waals surface area contributed by atoms with E-state index in [9.17, 15) is 14.0 Å². The van der Waals surface area contributed by atoms with Crippen LogP contribution in [0.2, 0.25) is 0 Å². The van der Waals surface area contributed by atoms with E-state index >= 15 is 0 Å². The van der Waals surface area contributed by atoms with Crippen LogP contribution < -0.4 is 10.2 Å². The van der Waals surface area contributed by atoms with E-state index in [-0.39, 0.29) is 11.7 Å². The molecule has 2 aromatic rings. The van der Waals surface area contributed by atoms with Gasteiger partial charge in [0, 0.05) is 50.6 Å². The maximum absolute atomic E-state index is 14.4. The van der Waals surface area contributed by atoms with E-state index in [4.69, 9.17) is 0 Å². The van der Waals surface area contributed by atoms with Crippen LogP contribution in [0.15, 0.2) is 30.6 Å². The lowest BCUT2D eigenvalue weighted by Gasteiger charge is -2.37. The second kappa shape index (κ2) is 7.87. The van der Waals surface area contributed by atoms with Crippen LogP contribution in [0.1, 0.15) is 28.9 Å². The molecule has 1 aliphatic heterocycles. The number of aryl methyl sites for hydroxylation is 1. The van der Waals surface area contributed by atoms with Gasteiger partial charge in [0.25, 0.3) is 0 Å². The molecule has 0 saturated carbocycles. The fraction of sp³-hybridized carbons (Fsp3) is 0.421. The van der Waals surface area contributed by atoms with Crippen molar-refractivity contribution in [3.63, 3.8) is 0 Å². The molecule has 0 radical (unpaired) electrons. The fourth-order valence-electron chi connectivity index (χ4n) is 3.35. The predicted octanol–water partition coefficient (Wildman–Crippen LogP) is 1.37. The van der Waals surface area contributed by atoms with Crippen molar-refractivity contribution in [3.8, 4) is 0 Å². The van der Waals surface area contributed by atoms with Crippen molar-refractivity contribution in [2.75, 3.05) is 38.1 Å². The lowest BCUT2D eigenvalue weighted by atomic mass is 10.1. The molecule has 7 nitrogen and oxygen atoms in total. The molecule has 1 unspecified atom stereocenters. The molecule has 0 bridgehead atoms. The highest BCUT2D eigenvalue weighted by molar-refractivity contribution is 5.94. The molecule has 3 rings (SSSR count). The number of carbonyl (C=O) groups excluding carboxylic acids is 2. The Hall–Kier alpha value is -2.74. The normalized spacial score (nSPS) is 15.7. The van der Waals surface area contributed by atoms with Crippen LogP contribution in [0.3, 0.4) is 0 Å². The van der Waals surface area contributed by atoms with Crippen molar-refractivity contribution in [1.29, 1.82) is 0 Å². The third kappa shape index (κ3) is 4.00. The number of halogens is 1. The largest absolute Gasteiger partial charge is 0.366 e. The van der Waals surface area contributed by atoms with Crippen LogP contribution in [0.4, 0.5) is 10.1 Å². The minimum absolute atomic E-state index is 0.0162. The molecule has 8 heteroatoms. The van der Waals surface area contributed by atoms with Crippen LogP contribution >= 0.6 is 0 Å². The molecule has 2 heterocycles. The minimum atomic E-state index is -0.447. The number of piperazine rings is 1. The van der Waals surface area contributed by atoms with Crippen molar-refractivity contribution < 1.29 is 14.0 Å². The summed E-state index contributed by atoms with van der Waals surface area (Å²) in [5.74, 6) is -0.590. The van der Waals surface area contributed by atoms with E-state index in [1.807, 2.05) is 18.1 Å². The Bertz CT molecular complexity index is 842. The van der Waals surface area contributed by atoms with Gasteiger partial charge in [-0.3, -0.25) is 14.3 Å². The number of hydrogen-bond acceptors (Lipinski definition) is 5. The summed E-state index contributed by atoms with van der Waals surface area (Å²) in [5.41, 5.74) is 1.64. The number of rotatable bonds is 5. The molecule has 1 aromatic heterocycles. The van der Waals surface area contributed by atoms with E-state index in [0.717, 1.165) is 5.56 Å². The molecule has 0 aliphatic carbocycles. The van der Waals surface area contributed by atoms with Gasteiger partial charge in [-0.15, -0.1) is 0 Å². The fourth-order valence-corrected chi connectivity index (χ4v) is 3.35. The van der Waals surface area contributed by atoms with Gasteiger partial charge in [0.05, 0.1) is 11.9 Å². The van der Waals surface area contributed by atoms with Crippen molar-refractivity contribution in [1.82, 2.24) is 20.0 Å². The first kappa shape index (κ1) is 19.0. The smallest absolute Gasteiger partial charge is 0.244 e. The monoisotopic (exact) mass is 373 g/mol. The van der Waals surface area contributed by atoms with E-state index in [2.05, 4.69) is 10.4 Å². The van der Waals surface area contributed by atoms with Crippen LogP contribution in [0.25, 0.3) is 0 Å². The van der Waals surface area contributed by atoms with E-state index < -0.39 is 11.9 Å². The average Bonchev–Trinajstić information content (AvgIpc) is 3.08. The first-order valence-corrected chi connectivity index (χ1v) is 8.90. The third-order valence-corrected chi connectivity index (χ3v) is 4.88. The van der Waals surface area contributed by atoms with Crippen LogP contribution in [0.5, 0.6) is 0 Å². The number of Topliss-reactive ketones (excluding diaryl/α,β-unsaturated/α-hetero) is 1. The van der Waals surface area contributed by atoms with Crippen molar-refractivity contribution in [2.45, 2.75) is 13.0 Å². The molecule has 0 spiro atoms. The minimum Gasteiger partial charge on any atom is -0.366 e. The van der Waals surface area contributed by atoms with Crippen LogP contribution in [0, 0.1) is 5.82 Å². The Morgan fingerprint density at radius 1 is 1.22 bits per heavy atom. The second-order valence-corrected chi connectivity index (χ2v) is 6.70. The quantitative estimate of drug-likeness (QED) is 0.802. The molecular formula is C19H24FN5O2. The van der Waals surface area contributed by atoms with Crippen molar-refractivity contribution in [2.24, 2.45) is 7.05 Å². The number of nitrogens with zero attached hydrogens (tertiary/aromatic N) is 4. The number of carbonyl (C=O) groups is 2.